The Morgan fingerprint density at radius 3 is 2.56 bits per heavy atom. The minimum absolute atomic E-state index is 0.189. The van der Waals surface area contributed by atoms with Gasteiger partial charge in [0, 0.05) is 26.2 Å². The van der Waals surface area contributed by atoms with Gasteiger partial charge in [-0.1, -0.05) is 19.1 Å². The molecule has 0 spiro atoms. The van der Waals surface area contributed by atoms with Crippen LogP contribution in [0.2, 0.25) is 0 Å². The minimum atomic E-state index is -0.189. The average molecular weight is 254 g/mol. The zero-order valence-corrected chi connectivity index (χ0v) is 11.4. The lowest BCUT2D eigenvalue weighted by atomic mass is 10.2. The second-order valence-electron chi connectivity index (χ2n) is 4.53. The molecule has 3 nitrogen and oxygen atoms in total. The molecule has 102 valence electrons. The van der Waals surface area contributed by atoms with Crippen LogP contribution in [0.4, 0.5) is 4.39 Å². The molecule has 0 aromatic heterocycles. The molecule has 0 aliphatic rings. The number of hydrogen-bond acceptors (Lipinski definition) is 3. The molecule has 0 radical (unpaired) electrons. The molecule has 0 amide bonds. The van der Waals surface area contributed by atoms with Gasteiger partial charge in [-0.25, -0.2) is 4.39 Å². The lowest BCUT2D eigenvalue weighted by Gasteiger charge is -2.24. The molecule has 0 fully saturated rings. The molecule has 0 saturated carbocycles. The zero-order valence-electron chi connectivity index (χ0n) is 11.4. The highest BCUT2D eigenvalue weighted by Crippen LogP contribution is 2.06. The summed E-state index contributed by atoms with van der Waals surface area (Å²) < 4.78 is 18.0. The van der Waals surface area contributed by atoms with Gasteiger partial charge >= 0.3 is 0 Å². The summed E-state index contributed by atoms with van der Waals surface area (Å²) in [4.78, 5) is 2.21. The van der Waals surface area contributed by atoms with Gasteiger partial charge in [0.05, 0.1) is 6.61 Å². The van der Waals surface area contributed by atoms with Crippen LogP contribution in [-0.4, -0.2) is 44.8 Å². The number of nitrogens with zero attached hydrogens (tertiary/aromatic N) is 1. The Balaban J connectivity index is 2.43. The van der Waals surface area contributed by atoms with E-state index in [0.29, 0.717) is 12.6 Å². The number of benzene rings is 1. The normalized spacial score (nSPS) is 12.9. The third kappa shape index (κ3) is 5.58. The third-order valence-electron chi connectivity index (χ3n) is 2.76. The fourth-order valence-electron chi connectivity index (χ4n) is 2.01. The molecule has 0 bridgehead atoms. The SMILES string of the molecule is CCNC(COC)CN(C)Cc1ccc(F)cc1. The molecule has 1 aromatic carbocycles. The van der Waals surface area contributed by atoms with Gasteiger partial charge in [0.2, 0.25) is 0 Å². The van der Waals surface area contributed by atoms with Gasteiger partial charge in [0.25, 0.3) is 0 Å². The summed E-state index contributed by atoms with van der Waals surface area (Å²) in [6.07, 6.45) is 0. The maximum absolute atomic E-state index is 12.8. The number of ether oxygens (including phenoxy) is 1. The van der Waals surface area contributed by atoms with Crippen LogP contribution in [0.25, 0.3) is 0 Å². The average Bonchev–Trinajstić information content (AvgIpc) is 2.33. The van der Waals surface area contributed by atoms with Crippen molar-refractivity contribution >= 4 is 0 Å². The number of hydrogen-bond donors (Lipinski definition) is 1. The van der Waals surface area contributed by atoms with Crippen molar-refractivity contribution in [2.24, 2.45) is 0 Å². The fourth-order valence-corrected chi connectivity index (χ4v) is 2.01. The fraction of sp³-hybridized carbons (Fsp3) is 0.571. The smallest absolute Gasteiger partial charge is 0.123 e. The van der Waals surface area contributed by atoms with E-state index in [0.717, 1.165) is 25.2 Å². The van der Waals surface area contributed by atoms with Crippen molar-refractivity contribution in [1.29, 1.82) is 0 Å². The summed E-state index contributed by atoms with van der Waals surface area (Å²) in [5.74, 6) is -0.189. The van der Waals surface area contributed by atoms with Crippen LogP contribution >= 0.6 is 0 Å². The van der Waals surface area contributed by atoms with Crippen molar-refractivity contribution in [2.75, 3.05) is 33.9 Å². The first kappa shape index (κ1) is 15.1. The van der Waals surface area contributed by atoms with Crippen LogP contribution in [0.5, 0.6) is 0 Å². The quantitative estimate of drug-likeness (QED) is 0.766. The molecule has 0 aliphatic carbocycles. The highest BCUT2D eigenvalue weighted by molar-refractivity contribution is 5.15. The van der Waals surface area contributed by atoms with Crippen molar-refractivity contribution in [3.63, 3.8) is 0 Å². The molecular weight excluding hydrogens is 231 g/mol. The lowest BCUT2D eigenvalue weighted by molar-refractivity contribution is 0.145. The summed E-state index contributed by atoms with van der Waals surface area (Å²) in [5, 5.41) is 3.38. The Bertz CT molecular complexity index is 323. The Morgan fingerprint density at radius 1 is 1.33 bits per heavy atom. The summed E-state index contributed by atoms with van der Waals surface area (Å²) in [6, 6.07) is 6.97. The summed E-state index contributed by atoms with van der Waals surface area (Å²) >= 11 is 0. The van der Waals surface area contributed by atoms with Crippen LogP contribution in [0, 0.1) is 5.82 Å². The highest BCUT2D eigenvalue weighted by Gasteiger charge is 2.10. The Morgan fingerprint density at radius 2 is 2.00 bits per heavy atom. The van der Waals surface area contributed by atoms with Gasteiger partial charge in [-0.2, -0.15) is 0 Å². The number of likely N-dealkylation sites (N-methyl/N-ethyl adjacent to an activating group) is 2. The van der Waals surface area contributed by atoms with E-state index in [9.17, 15) is 4.39 Å². The summed E-state index contributed by atoms with van der Waals surface area (Å²) in [6.45, 7) is 5.42. The van der Waals surface area contributed by atoms with Crippen LogP contribution in [0.1, 0.15) is 12.5 Å². The van der Waals surface area contributed by atoms with Crippen LogP contribution in [0.3, 0.4) is 0 Å². The second kappa shape index (κ2) is 8.19. The van der Waals surface area contributed by atoms with Crippen LogP contribution < -0.4 is 5.32 Å². The van der Waals surface area contributed by atoms with E-state index < -0.39 is 0 Å². The lowest BCUT2D eigenvalue weighted by Crippen LogP contribution is -2.42. The van der Waals surface area contributed by atoms with Crippen molar-refractivity contribution in [2.45, 2.75) is 19.5 Å². The summed E-state index contributed by atoms with van der Waals surface area (Å²) in [7, 11) is 3.77. The molecule has 1 rings (SSSR count). The molecular formula is C14H23FN2O. The maximum Gasteiger partial charge on any atom is 0.123 e. The standard InChI is InChI=1S/C14H23FN2O/c1-4-16-14(11-18-3)10-17(2)9-12-5-7-13(15)8-6-12/h5-8,14,16H,4,9-11H2,1-3H3. The number of nitrogens with one attached hydrogen (secondary N) is 1. The predicted octanol–water partition coefficient (Wildman–Crippen LogP) is 1.88. The van der Waals surface area contributed by atoms with Gasteiger partial charge in [-0.3, -0.25) is 0 Å². The van der Waals surface area contributed by atoms with E-state index in [1.54, 1.807) is 7.11 Å². The van der Waals surface area contributed by atoms with Gasteiger partial charge in [0.15, 0.2) is 0 Å². The van der Waals surface area contributed by atoms with Crippen molar-refractivity contribution in [3.8, 4) is 0 Å². The van der Waals surface area contributed by atoms with Crippen LogP contribution in [-0.2, 0) is 11.3 Å². The molecule has 1 aromatic rings. The highest BCUT2D eigenvalue weighted by atomic mass is 19.1. The second-order valence-corrected chi connectivity index (χ2v) is 4.53. The van der Waals surface area contributed by atoms with E-state index in [4.69, 9.17) is 4.74 Å². The molecule has 1 unspecified atom stereocenters. The number of methoxy groups -OCH3 is 1. The van der Waals surface area contributed by atoms with Gasteiger partial charge in [-0.05, 0) is 31.3 Å². The van der Waals surface area contributed by atoms with Gasteiger partial charge in [-0.15, -0.1) is 0 Å². The Labute approximate surface area is 109 Å². The molecule has 1 atom stereocenters. The van der Waals surface area contributed by atoms with Gasteiger partial charge in [0.1, 0.15) is 5.82 Å². The Hall–Kier alpha value is -0.970. The van der Waals surface area contributed by atoms with Crippen molar-refractivity contribution in [3.05, 3.63) is 35.6 Å². The third-order valence-corrected chi connectivity index (χ3v) is 2.76. The Kier molecular flexibility index (Phi) is 6.86. The molecule has 1 N–H and O–H groups in total. The molecule has 0 heterocycles. The number of rotatable bonds is 8. The molecule has 0 saturated heterocycles. The number of halogens is 1. The van der Waals surface area contributed by atoms with Crippen molar-refractivity contribution in [1.82, 2.24) is 10.2 Å². The molecule has 18 heavy (non-hydrogen) atoms. The summed E-state index contributed by atoms with van der Waals surface area (Å²) in [5.41, 5.74) is 1.12. The van der Waals surface area contributed by atoms with E-state index in [1.165, 1.54) is 12.1 Å². The topological polar surface area (TPSA) is 24.5 Å². The predicted molar refractivity (Wildman–Crippen MR) is 72.1 cm³/mol. The van der Waals surface area contributed by atoms with Crippen LogP contribution in [0.15, 0.2) is 24.3 Å². The first-order valence-electron chi connectivity index (χ1n) is 6.31. The minimum Gasteiger partial charge on any atom is -0.383 e. The largest absolute Gasteiger partial charge is 0.383 e. The van der Waals surface area contributed by atoms with E-state index >= 15 is 0 Å². The van der Waals surface area contributed by atoms with E-state index in [2.05, 4.69) is 24.2 Å². The van der Waals surface area contributed by atoms with E-state index in [1.807, 2.05) is 12.1 Å². The molecule has 0 aliphatic heterocycles. The monoisotopic (exact) mass is 254 g/mol. The molecule has 4 heteroatoms. The maximum atomic E-state index is 12.8. The van der Waals surface area contributed by atoms with Gasteiger partial charge < -0.3 is 15.0 Å². The first-order valence-corrected chi connectivity index (χ1v) is 6.31. The van der Waals surface area contributed by atoms with E-state index in [-0.39, 0.29) is 5.82 Å². The first-order chi connectivity index (χ1) is 8.65. The zero-order chi connectivity index (χ0) is 13.4. The van der Waals surface area contributed by atoms with Crippen molar-refractivity contribution < 1.29 is 9.13 Å².